The highest BCUT2D eigenvalue weighted by Crippen LogP contribution is 2.15. The van der Waals surface area contributed by atoms with Gasteiger partial charge in [0.05, 0.1) is 0 Å². The van der Waals surface area contributed by atoms with Crippen LogP contribution in [0.15, 0.2) is 0 Å². The second-order valence-corrected chi connectivity index (χ2v) is 13.5. The Kier molecular flexibility index (Phi) is 36.1. The Morgan fingerprint density at radius 1 is 0.405 bits per heavy atom. The number of esters is 1. The van der Waals surface area contributed by atoms with Gasteiger partial charge in [0.15, 0.2) is 0 Å². The molecule has 252 valence electrons. The van der Waals surface area contributed by atoms with Crippen LogP contribution < -0.4 is 0 Å². The van der Waals surface area contributed by atoms with Gasteiger partial charge in [-0.05, 0) is 26.4 Å². The molecule has 0 bridgehead atoms. The number of carbonyl (C=O) groups excluding carboxylic acids is 1. The van der Waals surface area contributed by atoms with Crippen molar-refractivity contribution in [3.8, 4) is 0 Å². The smallest absolute Gasteiger partial charge is 0.305 e. The van der Waals surface area contributed by atoms with Crippen LogP contribution in [0.1, 0.15) is 219 Å². The van der Waals surface area contributed by atoms with Crippen molar-refractivity contribution in [1.82, 2.24) is 4.90 Å². The van der Waals surface area contributed by atoms with Crippen molar-refractivity contribution in [2.45, 2.75) is 219 Å². The van der Waals surface area contributed by atoms with E-state index in [0.717, 1.165) is 19.5 Å². The Labute approximate surface area is 266 Å². The first kappa shape index (κ1) is 41.4. The Balaban J connectivity index is 3.25. The third-order valence-electron chi connectivity index (χ3n) is 9.11. The number of ether oxygens (including phenoxy) is 1. The molecule has 0 N–H and O–H groups in total. The minimum atomic E-state index is 0.000466. The minimum absolute atomic E-state index is 0.000466. The van der Waals surface area contributed by atoms with Crippen LogP contribution in [0.2, 0.25) is 0 Å². The largest absolute Gasteiger partial charge is 0.464 e. The van der Waals surface area contributed by atoms with Gasteiger partial charge in [0.1, 0.15) is 6.61 Å². The molecule has 0 spiro atoms. The zero-order valence-corrected chi connectivity index (χ0v) is 29.5. The number of unbranched alkanes of at least 4 members (excludes halogenated alkanes) is 29. The molecule has 0 radical (unpaired) electrons. The molecule has 0 aromatic rings. The molecule has 0 amide bonds. The minimum Gasteiger partial charge on any atom is -0.464 e. The van der Waals surface area contributed by atoms with Gasteiger partial charge in [0, 0.05) is 13.0 Å². The van der Waals surface area contributed by atoms with Gasteiger partial charge in [-0.25, -0.2) is 0 Å². The van der Waals surface area contributed by atoms with Crippen molar-refractivity contribution in [3.05, 3.63) is 0 Å². The summed E-state index contributed by atoms with van der Waals surface area (Å²) in [7, 11) is 2.16. The molecule has 0 saturated heterocycles. The first-order valence-electron chi connectivity index (χ1n) is 19.5. The summed E-state index contributed by atoms with van der Waals surface area (Å²) < 4.78 is 5.48. The van der Waals surface area contributed by atoms with E-state index in [4.69, 9.17) is 4.74 Å². The average molecular weight is 594 g/mol. The highest BCUT2D eigenvalue weighted by atomic mass is 16.5. The van der Waals surface area contributed by atoms with Crippen LogP contribution >= 0.6 is 0 Å². The van der Waals surface area contributed by atoms with Crippen molar-refractivity contribution in [2.24, 2.45) is 0 Å². The van der Waals surface area contributed by atoms with Gasteiger partial charge in [-0.2, -0.15) is 0 Å². The molecule has 0 fully saturated rings. The molecule has 0 aliphatic heterocycles. The van der Waals surface area contributed by atoms with E-state index < -0.39 is 0 Å². The molecule has 3 nitrogen and oxygen atoms in total. The van der Waals surface area contributed by atoms with Crippen molar-refractivity contribution >= 4 is 5.97 Å². The van der Waals surface area contributed by atoms with E-state index in [2.05, 4.69) is 25.8 Å². The summed E-state index contributed by atoms with van der Waals surface area (Å²) in [5.74, 6) is 0.000466. The predicted molar refractivity (Wildman–Crippen MR) is 188 cm³/mol. The maximum atomic E-state index is 12.0. The molecule has 0 atom stereocenters. The second kappa shape index (κ2) is 36.6. The summed E-state index contributed by atoms with van der Waals surface area (Å²) in [6.07, 6.45) is 43.5. The average Bonchev–Trinajstić information content (AvgIpc) is 2.99. The highest BCUT2D eigenvalue weighted by molar-refractivity contribution is 5.69. The number of nitrogens with zero attached hydrogens (tertiary/aromatic N) is 1. The highest BCUT2D eigenvalue weighted by Gasteiger charge is 2.05. The molecule has 0 heterocycles. The standard InChI is InChI=1S/C39H79NO2/c1-4-6-8-10-12-14-16-18-20-22-24-26-28-30-32-34-36-40(3)37-38-42-39(41)35-33-31-29-27-25-23-21-19-17-15-13-11-9-7-5-2/h4-38H2,1-3H3. The fraction of sp³-hybridized carbons (Fsp3) is 0.974. The fourth-order valence-electron chi connectivity index (χ4n) is 6.07. The molecule has 0 saturated carbocycles. The van der Waals surface area contributed by atoms with E-state index in [9.17, 15) is 4.79 Å². The third kappa shape index (κ3) is 35.6. The van der Waals surface area contributed by atoms with Gasteiger partial charge >= 0.3 is 5.97 Å². The summed E-state index contributed by atoms with van der Waals surface area (Å²) in [5, 5.41) is 0. The van der Waals surface area contributed by atoms with E-state index in [1.54, 1.807) is 0 Å². The number of rotatable bonds is 36. The fourth-order valence-corrected chi connectivity index (χ4v) is 6.07. The zero-order valence-electron chi connectivity index (χ0n) is 29.5. The van der Waals surface area contributed by atoms with E-state index in [-0.39, 0.29) is 5.97 Å². The van der Waals surface area contributed by atoms with Gasteiger partial charge in [-0.1, -0.05) is 200 Å². The van der Waals surface area contributed by atoms with E-state index in [1.807, 2.05) is 0 Å². The van der Waals surface area contributed by atoms with Crippen LogP contribution in [0.25, 0.3) is 0 Å². The molecule has 0 aliphatic carbocycles. The summed E-state index contributed by atoms with van der Waals surface area (Å²) in [4.78, 5) is 14.4. The molecule has 42 heavy (non-hydrogen) atoms. The first-order valence-corrected chi connectivity index (χ1v) is 19.5. The SMILES string of the molecule is CCCCCCCCCCCCCCCCCCN(C)CCOC(=O)CCCCCCCCCCCCCCCCC. The first-order chi connectivity index (χ1) is 20.7. The zero-order chi connectivity index (χ0) is 30.6. The maximum absolute atomic E-state index is 12.0. The molecular formula is C39H79NO2. The van der Waals surface area contributed by atoms with Gasteiger partial charge < -0.3 is 9.64 Å². The second-order valence-electron chi connectivity index (χ2n) is 13.5. The Hall–Kier alpha value is -0.570. The van der Waals surface area contributed by atoms with Crippen molar-refractivity contribution in [3.63, 3.8) is 0 Å². The molecule has 3 heteroatoms. The van der Waals surface area contributed by atoms with Crippen LogP contribution in [0.3, 0.4) is 0 Å². The predicted octanol–water partition coefficient (Wildman–Crippen LogP) is 13.0. The Morgan fingerprint density at radius 3 is 1.02 bits per heavy atom. The number of carbonyl (C=O) groups is 1. The lowest BCUT2D eigenvalue weighted by atomic mass is 10.0. The van der Waals surface area contributed by atoms with Crippen LogP contribution in [0.5, 0.6) is 0 Å². The van der Waals surface area contributed by atoms with Crippen LogP contribution in [0, 0.1) is 0 Å². The lowest BCUT2D eigenvalue weighted by Crippen LogP contribution is -2.25. The Morgan fingerprint density at radius 2 is 0.690 bits per heavy atom. The lowest BCUT2D eigenvalue weighted by molar-refractivity contribution is -0.144. The molecule has 0 rings (SSSR count). The summed E-state index contributed by atoms with van der Waals surface area (Å²) in [5.41, 5.74) is 0. The van der Waals surface area contributed by atoms with Gasteiger partial charge in [0.2, 0.25) is 0 Å². The summed E-state index contributed by atoms with van der Waals surface area (Å²) in [6, 6.07) is 0. The normalized spacial score (nSPS) is 11.5. The number of hydrogen-bond acceptors (Lipinski definition) is 3. The van der Waals surface area contributed by atoms with Crippen molar-refractivity contribution in [1.29, 1.82) is 0 Å². The van der Waals surface area contributed by atoms with Crippen molar-refractivity contribution in [2.75, 3.05) is 26.7 Å². The summed E-state index contributed by atoms with van der Waals surface area (Å²) >= 11 is 0. The molecule has 0 aromatic carbocycles. The molecular weight excluding hydrogens is 514 g/mol. The third-order valence-corrected chi connectivity index (χ3v) is 9.11. The molecule has 0 aliphatic rings. The topological polar surface area (TPSA) is 29.5 Å². The quantitative estimate of drug-likeness (QED) is 0.0534. The Bertz CT molecular complexity index is 509. The van der Waals surface area contributed by atoms with E-state index in [1.165, 1.54) is 193 Å². The number of likely N-dealkylation sites (N-methyl/N-ethyl adjacent to an activating group) is 1. The monoisotopic (exact) mass is 594 g/mol. The van der Waals surface area contributed by atoms with Gasteiger partial charge in [0.25, 0.3) is 0 Å². The van der Waals surface area contributed by atoms with Crippen LogP contribution in [-0.2, 0) is 9.53 Å². The number of hydrogen-bond donors (Lipinski definition) is 0. The van der Waals surface area contributed by atoms with Crippen LogP contribution in [0.4, 0.5) is 0 Å². The summed E-state index contributed by atoms with van der Waals surface area (Å²) in [6.45, 7) is 7.12. The molecule has 0 aromatic heterocycles. The van der Waals surface area contributed by atoms with E-state index in [0.29, 0.717) is 13.0 Å². The van der Waals surface area contributed by atoms with Crippen LogP contribution in [-0.4, -0.2) is 37.6 Å². The molecule has 0 unspecified atom stereocenters. The maximum Gasteiger partial charge on any atom is 0.305 e. The van der Waals surface area contributed by atoms with Gasteiger partial charge in [-0.3, -0.25) is 4.79 Å². The van der Waals surface area contributed by atoms with Gasteiger partial charge in [-0.15, -0.1) is 0 Å². The lowest BCUT2D eigenvalue weighted by Gasteiger charge is -2.16. The van der Waals surface area contributed by atoms with E-state index >= 15 is 0 Å². The van der Waals surface area contributed by atoms with Crippen molar-refractivity contribution < 1.29 is 9.53 Å².